The average molecular weight is 179 g/mol. The standard InChI is InChI=1S/C9H9NO3/c1-13-9-3-2-6(4-7(9)11)8(12)5-10/h2-4,8,11-12H,1H3/t8-/m1/s1. The van der Waals surface area contributed by atoms with E-state index in [0.29, 0.717) is 11.3 Å². The molecule has 1 aromatic rings. The van der Waals surface area contributed by atoms with Gasteiger partial charge in [-0.05, 0) is 17.7 Å². The number of benzene rings is 1. The van der Waals surface area contributed by atoms with Gasteiger partial charge in [-0.2, -0.15) is 5.26 Å². The fourth-order valence-electron chi connectivity index (χ4n) is 0.952. The number of hydrogen-bond donors (Lipinski definition) is 2. The van der Waals surface area contributed by atoms with Crippen molar-refractivity contribution in [1.29, 1.82) is 5.26 Å². The highest BCUT2D eigenvalue weighted by atomic mass is 16.5. The molecule has 0 heterocycles. The van der Waals surface area contributed by atoms with Gasteiger partial charge in [0.05, 0.1) is 13.2 Å². The third-order valence-corrected chi connectivity index (χ3v) is 1.64. The first kappa shape index (κ1) is 9.36. The van der Waals surface area contributed by atoms with Gasteiger partial charge in [0.1, 0.15) is 0 Å². The lowest BCUT2D eigenvalue weighted by Gasteiger charge is -2.06. The van der Waals surface area contributed by atoms with Gasteiger partial charge < -0.3 is 14.9 Å². The van der Waals surface area contributed by atoms with Crippen LogP contribution < -0.4 is 4.74 Å². The predicted molar refractivity (Wildman–Crippen MR) is 45.2 cm³/mol. The molecule has 4 nitrogen and oxygen atoms in total. The Balaban J connectivity index is 3.04. The molecule has 68 valence electrons. The van der Waals surface area contributed by atoms with Gasteiger partial charge in [-0.3, -0.25) is 0 Å². The first-order valence-corrected chi connectivity index (χ1v) is 3.63. The first-order chi connectivity index (χ1) is 6.19. The lowest BCUT2D eigenvalue weighted by atomic mass is 10.1. The number of aromatic hydroxyl groups is 1. The summed E-state index contributed by atoms with van der Waals surface area (Å²) in [5.41, 5.74) is 0.348. The molecule has 0 bridgehead atoms. The predicted octanol–water partition coefficient (Wildman–Crippen LogP) is 0.958. The first-order valence-electron chi connectivity index (χ1n) is 3.63. The van der Waals surface area contributed by atoms with Crippen LogP contribution in [0.3, 0.4) is 0 Å². The van der Waals surface area contributed by atoms with E-state index in [1.165, 1.54) is 25.3 Å². The van der Waals surface area contributed by atoms with Crippen LogP contribution in [-0.4, -0.2) is 17.3 Å². The molecular formula is C9H9NO3. The van der Waals surface area contributed by atoms with Crippen LogP contribution in [-0.2, 0) is 0 Å². The molecule has 0 aliphatic rings. The Kier molecular flexibility index (Phi) is 2.72. The van der Waals surface area contributed by atoms with Crippen LogP contribution in [0.4, 0.5) is 0 Å². The number of methoxy groups -OCH3 is 1. The van der Waals surface area contributed by atoms with Crippen molar-refractivity contribution in [2.75, 3.05) is 7.11 Å². The van der Waals surface area contributed by atoms with Gasteiger partial charge in [0.25, 0.3) is 0 Å². The third kappa shape index (κ3) is 1.89. The minimum Gasteiger partial charge on any atom is -0.504 e. The molecule has 0 radical (unpaired) electrons. The Morgan fingerprint density at radius 2 is 2.23 bits per heavy atom. The van der Waals surface area contributed by atoms with E-state index in [-0.39, 0.29) is 5.75 Å². The summed E-state index contributed by atoms with van der Waals surface area (Å²) in [6, 6.07) is 5.96. The maximum absolute atomic E-state index is 9.29. The highest BCUT2D eigenvalue weighted by Gasteiger charge is 2.08. The minimum atomic E-state index is -1.21. The van der Waals surface area contributed by atoms with Crippen LogP contribution >= 0.6 is 0 Å². The van der Waals surface area contributed by atoms with Crippen LogP contribution in [0.5, 0.6) is 11.5 Å². The van der Waals surface area contributed by atoms with E-state index < -0.39 is 6.10 Å². The Morgan fingerprint density at radius 3 is 2.69 bits per heavy atom. The number of aliphatic hydroxyl groups excluding tert-OH is 1. The molecule has 1 aromatic carbocycles. The molecule has 0 unspecified atom stereocenters. The second-order valence-corrected chi connectivity index (χ2v) is 2.46. The fourth-order valence-corrected chi connectivity index (χ4v) is 0.952. The number of phenols is 1. The highest BCUT2D eigenvalue weighted by Crippen LogP contribution is 2.28. The minimum absolute atomic E-state index is 0.0886. The zero-order chi connectivity index (χ0) is 9.84. The third-order valence-electron chi connectivity index (χ3n) is 1.64. The molecule has 0 saturated carbocycles. The molecule has 0 aliphatic carbocycles. The average Bonchev–Trinajstić information content (AvgIpc) is 2.16. The SMILES string of the molecule is COc1ccc([C@H](O)C#N)cc1O. The lowest BCUT2D eigenvalue weighted by Crippen LogP contribution is -1.93. The maximum Gasteiger partial charge on any atom is 0.166 e. The summed E-state index contributed by atoms with van der Waals surface area (Å²) in [4.78, 5) is 0. The summed E-state index contributed by atoms with van der Waals surface area (Å²) in [5, 5.41) is 26.8. The van der Waals surface area contributed by atoms with Crippen molar-refractivity contribution >= 4 is 0 Å². The normalized spacial score (nSPS) is 11.8. The van der Waals surface area contributed by atoms with Gasteiger partial charge in [-0.15, -0.1) is 0 Å². The zero-order valence-electron chi connectivity index (χ0n) is 7.06. The summed E-state index contributed by atoms with van der Waals surface area (Å²) in [6.07, 6.45) is -1.21. The van der Waals surface area contributed by atoms with Gasteiger partial charge in [0.15, 0.2) is 17.6 Å². The topological polar surface area (TPSA) is 73.5 Å². The number of nitrogens with zero attached hydrogens (tertiary/aromatic N) is 1. The molecule has 2 N–H and O–H groups in total. The highest BCUT2D eigenvalue weighted by molar-refractivity contribution is 5.43. The van der Waals surface area contributed by atoms with Crippen LogP contribution in [0.25, 0.3) is 0 Å². The van der Waals surface area contributed by atoms with Gasteiger partial charge >= 0.3 is 0 Å². The monoisotopic (exact) mass is 179 g/mol. The summed E-state index contributed by atoms with van der Waals surface area (Å²) >= 11 is 0. The quantitative estimate of drug-likeness (QED) is 0.663. The lowest BCUT2D eigenvalue weighted by molar-refractivity contribution is 0.235. The van der Waals surface area contributed by atoms with Crippen molar-refractivity contribution in [1.82, 2.24) is 0 Å². The van der Waals surface area contributed by atoms with Crippen LogP contribution in [0.15, 0.2) is 18.2 Å². The molecular weight excluding hydrogens is 170 g/mol. The Morgan fingerprint density at radius 1 is 1.54 bits per heavy atom. The Hall–Kier alpha value is -1.73. The van der Waals surface area contributed by atoms with E-state index in [4.69, 9.17) is 15.1 Å². The van der Waals surface area contributed by atoms with Crippen LogP contribution in [0.1, 0.15) is 11.7 Å². The zero-order valence-corrected chi connectivity index (χ0v) is 7.06. The van der Waals surface area contributed by atoms with Crippen LogP contribution in [0, 0.1) is 11.3 Å². The Bertz CT molecular complexity index is 343. The molecule has 13 heavy (non-hydrogen) atoms. The number of hydrogen-bond acceptors (Lipinski definition) is 4. The molecule has 0 aromatic heterocycles. The summed E-state index contributed by atoms with van der Waals surface area (Å²) in [5.74, 6) is 0.225. The summed E-state index contributed by atoms with van der Waals surface area (Å²) in [6.45, 7) is 0. The molecule has 4 heteroatoms. The van der Waals surface area contributed by atoms with Crippen LogP contribution in [0.2, 0.25) is 0 Å². The fraction of sp³-hybridized carbons (Fsp3) is 0.222. The van der Waals surface area contributed by atoms with E-state index in [9.17, 15) is 5.11 Å². The number of nitriles is 1. The molecule has 0 fully saturated rings. The van der Waals surface area contributed by atoms with Gasteiger partial charge in [0.2, 0.25) is 0 Å². The van der Waals surface area contributed by atoms with E-state index in [0.717, 1.165) is 0 Å². The van der Waals surface area contributed by atoms with E-state index >= 15 is 0 Å². The largest absolute Gasteiger partial charge is 0.504 e. The maximum atomic E-state index is 9.29. The van der Waals surface area contributed by atoms with Gasteiger partial charge in [-0.1, -0.05) is 6.07 Å². The van der Waals surface area contributed by atoms with E-state index in [1.807, 2.05) is 0 Å². The van der Waals surface area contributed by atoms with Crippen molar-refractivity contribution < 1.29 is 14.9 Å². The number of aliphatic hydroxyl groups is 1. The van der Waals surface area contributed by atoms with Gasteiger partial charge in [0, 0.05) is 0 Å². The van der Waals surface area contributed by atoms with Crippen molar-refractivity contribution in [3.8, 4) is 17.6 Å². The van der Waals surface area contributed by atoms with E-state index in [2.05, 4.69) is 0 Å². The van der Waals surface area contributed by atoms with Crippen molar-refractivity contribution in [3.63, 3.8) is 0 Å². The molecule has 0 saturated heterocycles. The van der Waals surface area contributed by atoms with Crippen molar-refractivity contribution in [2.45, 2.75) is 6.10 Å². The summed E-state index contributed by atoms with van der Waals surface area (Å²) in [7, 11) is 1.43. The molecule has 0 aliphatic heterocycles. The molecule has 1 rings (SSSR count). The van der Waals surface area contributed by atoms with Crippen molar-refractivity contribution in [3.05, 3.63) is 23.8 Å². The molecule has 0 spiro atoms. The summed E-state index contributed by atoms with van der Waals surface area (Å²) < 4.78 is 4.80. The Labute approximate surface area is 75.6 Å². The second kappa shape index (κ2) is 3.78. The molecule has 0 amide bonds. The number of phenolic OH excluding ortho intramolecular Hbond substituents is 1. The number of rotatable bonds is 2. The van der Waals surface area contributed by atoms with Gasteiger partial charge in [-0.25, -0.2) is 0 Å². The van der Waals surface area contributed by atoms with Crippen molar-refractivity contribution in [2.24, 2.45) is 0 Å². The molecule has 1 atom stereocenters. The second-order valence-electron chi connectivity index (χ2n) is 2.46. The smallest absolute Gasteiger partial charge is 0.166 e. The van der Waals surface area contributed by atoms with E-state index in [1.54, 1.807) is 6.07 Å². The number of ether oxygens (including phenoxy) is 1.